The number of benzene rings is 2. The third kappa shape index (κ3) is 4.39. The summed E-state index contributed by atoms with van der Waals surface area (Å²) in [4.78, 5) is 12.1. The number of furan rings is 1. The monoisotopic (exact) mass is 392 g/mol. The van der Waals surface area contributed by atoms with Crippen molar-refractivity contribution in [1.82, 2.24) is 4.72 Å². The van der Waals surface area contributed by atoms with Crippen molar-refractivity contribution >= 4 is 21.6 Å². The Kier molecular flexibility index (Phi) is 5.33. The zero-order valence-corrected chi connectivity index (χ0v) is 14.6. The van der Waals surface area contributed by atoms with Gasteiger partial charge in [0.25, 0.3) is 5.91 Å². The van der Waals surface area contributed by atoms with Crippen LogP contribution >= 0.6 is 0 Å². The van der Waals surface area contributed by atoms with Crippen LogP contribution < -0.4 is 10.0 Å². The van der Waals surface area contributed by atoms with Gasteiger partial charge in [-0.1, -0.05) is 12.1 Å². The van der Waals surface area contributed by atoms with Gasteiger partial charge >= 0.3 is 0 Å². The first kappa shape index (κ1) is 18.7. The first-order valence-electron chi connectivity index (χ1n) is 7.74. The predicted molar refractivity (Wildman–Crippen MR) is 93.5 cm³/mol. The minimum absolute atomic E-state index is 0.0633. The summed E-state index contributed by atoms with van der Waals surface area (Å²) in [6, 6.07) is 11.5. The topological polar surface area (TPSA) is 88.4 Å². The average Bonchev–Trinajstić information content (AvgIpc) is 3.17. The fourth-order valence-electron chi connectivity index (χ4n) is 2.27. The highest BCUT2D eigenvalue weighted by Gasteiger charge is 2.18. The largest absolute Gasteiger partial charge is 0.468 e. The van der Waals surface area contributed by atoms with Crippen molar-refractivity contribution in [2.45, 2.75) is 11.4 Å². The average molecular weight is 392 g/mol. The molecule has 140 valence electrons. The molecule has 27 heavy (non-hydrogen) atoms. The van der Waals surface area contributed by atoms with Gasteiger partial charge in [0, 0.05) is 5.56 Å². The van der Waals surface area contributed by atoms with Crippen molar-refractivity contribution in [3.05, 3.63) is 83.8 Å². The number of nitrogens with one attached hydrogen (secondary N) is 2. The lowest BCUT2D eigenvalue weighted by atomic mass is 10.2. The number of carbonyl (C=O) groups is 1. The second kappa shape index (κ2) is 7.68. The summed E-state index contributed by atoms with van der Waals surface area (Å²) in [5.74, 6) is -2.30. The number of para-hydroxylation sites is 1. The molecule has 6 nitrogen and oxygen atoms in total. The third-order valence-corrected chi connectivity index (χ3v) is 5.02. The van der Waals surface area contributed by atoms with Gasteiger partial charge in [0.05, 0.1) is 17.7 Å². The van der Waals surface area contributed by atoms with E-state index in [9.17, 15) is 22.0 Å². The molecule has 0 saturated heterocycles. The Bertz CT molecular complexity index is 1050. The molecule has 1 heterocycles. The number of halogens is 2. The van der Waals surface area contributed by atoms with Crippen LogP contribution in [-0.4, -0.2) is 14.3 Å². The molecule has 9 heteroatoms. The van der Waals surface area contributed by atoms with E-state index in [4.69, 9.17) is 4.42 Å². The molecule has 3 aromatic rings. The SMILES string of the molecule is O=C(Nc1c(F)cccc1F)c1cccc(S(=O)(=O)NCc2ccco2)c1. The molecular weight excluding hydrogens is 378 g/mol. The number of hydrogen-bond donors (Lipinski definition) is 2. The van der Waals surface area contributed by atoms with Gasteiger partial charge in [-0.15, -0.1) is 0 Å². The molecular formula is C18H14F2N2O4S. The van der Waals surface area contributed by atoms with Gasteiger partial charge in [-0.05, 0) is 42.5 Å². The summed E-state index contributed by atoms with van der Waals surface area (Å²) in [6.45, 7) is -0.0633. The number of carbonyl (C=O) groups excluding carboxylic acids is 1. The lowest BCUT2D eigenvalue weighted by molar-refractivity contribution is 0.102. The fraction of sp³-hybridized carbons (Fsp3) is 0.0556. The van der Waals surface area contributed by atoms with Gasteiger partial charge in [0.15, 0.2) is 0 Å². The maximum Gasteiger partial charge on any atom is 0.255 e. The van der Waals surface area contributed by atoms with E-state index in [1.807, 2.05) is 0 Å². The summed E-state index contributed by atoms with van der Waals surface area (Å²) in [7, 11) is -3.92. The molecule has 1 aromatic heterocycles. The lowest BCUT2D eigenvalue weighted by Gasteiger charge is -2.09. The third-order valence-electron chi connectivity index (χ3n) is 3.62. The Labute approximate surface area is 153 Å². The molecule has 2 N–H and O–H groups in total. The maximum absolute atomic E-state index is 13.7. The Morgan fingerprint density at radius 1 is 1.00 bits per heavy atom. The molecule has 0 saturated carbocycles. The number of amides is 1. The summed E-state index contributed by atoms with van der Waals surface area (Å²) in [5, 5.41) is 2.11. The van der Waals surface area contributed by atoms with Gasteiger partial charge in [0.1, 0.15) is 23.1 Å². The van der Waals surface area contributed by atoms with Crippen LogP contribution in [0, 0.1) is 11.6 Å². The van der Waals surface area contributed by atoms with Crippen molar-refractivity contribution in [2.75, 3.05) is 5.32 Å². The zero-order valence-electron chi connectivity index (χ0n) is 13.8. The number of sulfonamides is 1. The van der Waals surface area contributed by atoms with Crippen LogP contribution in [0.3, 0.4) is 0 Å². The van der Waals surface area contributed by atoms with E-state index < -0.39 is 33.3 Å². The molecule has 0 aliphatic heterocycles. The molecule has 0 fully saturated rings. The van der Waals surface area contributed by atoms with Gasteiger partial charge in [-0.25, -0.2) is 21.9 Å². The first-order chi connectivity index (χ1) is 12.9. The summed E-state index contributed by atoms with van der Waals surface area (Å²) in [6.07, 6.45) is 1.41. The van der Waals surface area contributed by atoms with Gasteiger partial charge in [-0.2, -0.15) is 0 Å². The van der Waals surface area contributed by atoms with Crippen LogP contribution in [0.25, 0.3) is 0 Å². The van der Waals surface area contributed by atoms with E-state index in [2.05, 4.69) is 10.0 Å². The number of rotatable bonds is 6. The van der Waals surface area contributed by atoms with E-state index in [-0.39, 0.29) is 17.0 Å². The molecule has 1 amide bonds. The van der Waals surface area contributed by atoms with Crippen molar-refractivity contribution < 1.29 is 26.4 Å². The second-order valence-electron chi connectivity index (χ2n) is 5.48. The molecule has 0 bridgehead atoms. The van der Waals surface area contributed by atoms with E-state index in [1.165, 1.54) is 24.5 Å². The van der Waals surface area contributed by atoms with E-state index in [0.717, 1.165) is 24.3 Å². The number of hydrogen-bond acceptors (Lipinski definition) is 4. The second-order valence-corrected chi connectivity index (χ2v) is 7.25. The number of anilines is 1. The lowest BCUT2D eigenvalue weighted by Crippen LogP contribution is -2.23. The van der Waals surface area contributed by atoms with Crippen LogP contribution in [0.4, 0.5) is 14.5 Å². The van der Waals surface area contributed by atoms with Gasteiger partial charge in [-0.3, -0.25) is 4.79 Å². The molecule has 0 atom stereocenters. The van der Waals surface area contributed by atoms with Crippen molar-refractivity contribution in [1.29, 1.82) is 0 Å². The Morgan fingerprint density at radius 2 is 1.70 bits per heavy atom. The maximum atomic E-state index is 13.7. The van der Waals surface area contributed by atoms with Crippen LogP contribution in [0.2, 0.25) is 0 Å². The first-order valence-corrected chi connectivity index (χ1v) is 9.22. The van der Waals surface area contributed by atoms with E-state index in [0.29, 0.717) is 5.76 Å². The highest BCUT2D eigenvalue weighted by molar-refractivity contribution is 7.89. The standard InChI is InChI=1S/C18H14F2N2O4S/c19-15-7-2-8-16(20)17(15)22-18(23)12-4-1-6-14(10-12)27(24,25)21-11-13-5-3-9-26-13/h1-10,21H,11H2,(H,22,23). The molecule has 2 aromatic carbocycles. The van der Waals surface area contributed by atoms with Crippen LogP contribution in [0.15, 0.2) is 70.2 Å². The minimum atomic E-state index is -3.92. The molecule has 3 rings (SSSR count). The van der Waals surface area contributed by atoms with Crippen LogP contribution in [-0.2, 0) is 16.6 Å². The van der Waals surface area contributed by atoms with Gasteiger partial charge in [0.2, 0.25) is 10.0 Å². The van der Waals surface area contributed by atoms with E-state index in [1.54, 1.807) is 12.1 Å². The quantitative estimate of drug-likeness (QED) is 0.674. The zero-order chi connectivity index (χ0) is 19.4. The Balaban J connectivity index is 1.79. The molecule has 0 aliphatic rings. The molecule has 0 aliphatic carbocycles. The molecule has 0 spiro atoms. The van der Waals surface area contributed by atoms with Crippen molar-refractivity contribution in [3.8, 4) is 0 Å². The van der Waals surface area contributed by atoms with Crippen LogP contribution in [0.5, 0.6) is 0 Å². The smallest absolute Gasteiger partial charge is 0.255 e. The molecule has 0 radical (unpaired) electrons. The predicted octanol–water partition coefficient (Wildman–Crippen LogP) is 3.29. The Morgan fingerprint density at radius 3 is 2.37 bits per heavy atom. The van der Waals surface area contributed by atoms with Crippen molar-refractivity contribution in [3.63, 3.8) is 0 Å². The highest BCUT2D eigenvalue weighted by Crippen LogP contribution is 2.20. The minimum Gasteiger partial charge on any atom is -0.468 e. The van der Waals surface area contributed by atoms with Crippen LogP contribution in [0.1, 0.15) is 16.1 Å². The summed E-state index contributed by atoms with van der Waals surface area (Å²) < 4.78 is 59.4. The normalized spacial score (nSPS) is 11.3. The highest BCUT2D eigenvalue weighted by atomic mass is 32.2. The van der Waals surface area contributed by atoms with E-state index >= 15 is 0 Å². The van der Waals surface area contributed by atoms with Gasteiger partial charge < -0.3 is 9.73 Å². The summed E-state index contributed by atoms with van der Waals surface area (Å²) >= 11 is 0. The Hall–Kier alpha value is -3.04. The van der Waals surface area contributed by atoms with Crippen molar-refractivity contribution in [2.24, 2.45) is 0 Å². The molecule has 0 unspecified atom stereocenters. The summed E-state index contributed by atoms with van der Waals surface area (Å²) in [5.41, 5.74) is -0.676. The fourth-order valence-corrected chi connectivity index (χ4v) is 3.31.